The number of ether oxygens (including phenoxy) is 1. The Morgan fingerprint density at radius 3 is 2.75 bits per heavy atom. The number of nitrogens with one attached hydrogen (secondary N) is 2. The molecule has 1 unspecified atom stereocenters. The highest BCUT2D eigenvalue weighted by molar-refractivity contribution is 5.79. The van der Waals surface area contributed by atoms with E-state index in [0.29, 0.717) is 0 Å². The number of carbonyl (C=O) groups is 1. The second kappa shape index (κ2) is 6.75. The summed E-state index contributed by atoms with van der Waals surface area (Å²) in [4.78, 5) is 12.3. The van der Waals surface area contributed by atoms with Gasteiger partial charge in [0.2, 0.25) is 5.91 Å². The van der Waals surface area contributed by atoms with E-state index in [9.17, 15) is 4.79 Å². The van der Waals surface area contributed by atoms with Gasteiger partial charge < -0.3 is 15.4 Å². The summed E-state index contributed by atoms with van der Waals surface area (Å²) in [7, 11) is 1.66. The zero-order chi connectivity index (χ0) is 14.5. The van der Waals surface area contributed by atoms with Crippen molar-refractivity contribution in [1.82, 2.24) is 10.6 Å². The van der Waals surface area contributed by atoms with Crippen LogP contribution in [0, 0.1) is 12.8 Å². The van der Waals surface area contributed by atoms with Gasteiger partial charge in [0.1, 0.15) is 5.75 Å². The first-order valence-electron chi connectivity index (χ1n) is 7.27. The number of benzene rings is 1. The van der Waals surface area contributed by atoms with Crippen LogP contribution in [0.1, 0.15) is 36.9 Å². The van der Waals surface area contributed by atoms with Crippen molar-refractivity contribution in [2.75, 3.05) is 20.2 Å². The fourth-order valence-electron chi connectivity index (χ4n) is 2.69. The first kappa shape index (κ1) is 14.9. The summed E-state index contributed by atoms with van der Waals surface area (Å²) in [6.07, 6.45) is 1.84. The smallest absolute Gasteiger partial charge is 0.223 e. The van der Waals surface area contributed by atoms with Crippen molar-refractivity contribution in [3.05, 3.63) is 29.3 Å². The van der Waals surface area contributed by atoms with E-state index in [2.05, 4.69) is 16.7 Å². The number of methoxy groups -OCH3 is 1. The number of rotatable bonds is 4. The first-order valence-corrected chi connectivity index (χ1v) is 7.27. The molecule has 0 spiro atoms. The molecule has 1 aliphatic rings. The highest BCUT2D eigenvalue weighted by Gasteiger charge is 2.23. The minimum Gasteiger partial charge on any atom is -0.496 e. The summed E-state index contributed by atoms with van der Waals surface area (Å²) in [5.41, 5.74) is 2.21. The van der Waals surface area contributed by atoms with Gasteiger partial charge >= 0.3 is 0 Å². The Hall–Kier alpha value is -1.55. The Balaban J connectivity index is 2.05. The molecule has 1 atom stereocenters. The SMILES string of the molecule is COc1ccc(C)cc1C(C)NC(=O)C1CCNCC1. The summed E-state index contributed by atoms with van der Waals surface area (Å²) in [6.45, 7) is 5.92. The molecule has 0 aromatic heterocycles. The van der Waals surface area contributed by atoms with Crippen LogP contribution in [0.2, 0.25) is 0 Å². The fraction of sp³-hybridized carbons (Fsp3) is 0.562. The number of hydrogen-bond donors (Lipinski definition) is 2. The van der Waals surface area contributed by atoms with Crippen molar-refractivity contribution in [1.29, 1.82) is 0 Å². The summed E-state index contributed by atoms with van der Waals surface area (Å²) >= 11 is 0. The van der Waals surface area contributed by atoms with E-state index in [0.717, 1.165) is 37.2 Å². The summed E-state index contributed by atoms with van der Waals surface area (Å²) in [5.74, 6) is 1.12. The van der Waals surface area contributed by atoms with Gasteiger partial charge in [0.15, 0.2) is 0 Å². The Morgan fingerprint density at radius 2 is 2.10 bits per heavy atom. The van der Waals surface area contributed by atoms with Gasteiger partial charge in [-0.2, -0.15) is 0 Å². The maximum Gasteiger partial charge on any atom is 0.223 e. The average Bonchev–Trinajstić information content (AvgIpc) is 2.48. The second-order valence-electron chi connectivity index (χ2n) is 5.50. The van der Waals surface area contributed by atoms with E-state index in [-0.39, 0.29) is 17.9 Å². The predicted octanol–water partition coefficient (Wildman–Crippen LogP) is 2.18. The van der Waals surface area contributed by atoms with E-state index in [1.165, 1.54) is 5.56 Å². The molecular weight excluding hydrogens is 252 g/mol. The lowest BCUT2D eigenvalue weighted by molar-refractivity contribution is -0.126. The normalized spacial score (nSPS) is 17.6. The molecule has 0 saturated carbocycles. The van der Waals surface area contributed by atoms with Crippen LogP contribution in [-0.2, 0) is 4.79 Å². The molecule has 0 radical (unpaired) electrons. The van der Waals surface area contributed by atoms with Crippen LogP contribution >= 0.6 is 0 Å². The van der Waals surface area contributed by atoms with Gasteiger partial charge in [0.25, 0.3) is 0 Å². The zero-order valence-corrected chi connectivity index (χ0v) is 12.5. The van der Waals surface area contributed by atoms with Gasteiger partial charge in [0.05, 0.1) is 13.2 Å². The van der Waals surface area contributed by atoms with Crippen LogP contribution in [0.4, 0.5) is 0 Å². The van der Waals surface area contributed by atoms with Crippen LogP contribution in [0.25, 0.3) is 0 Å². The molecule has 1 amide bonds. The quantitative estimate of drug-likeness (QED) is 0.886. The van der Waals surface area contributed by atoms with E-state index in [4.69, 9.17) is 4.74 Å². The van der Waals surface area contributed by atoms with Crippen molar-refractivity contribution in [3.63, 3.8) is 0 Å². The van der Waals surface area contributed by atoms with Gasteiger partial charge in [-0.15, -0.1) is 0 Å². The molecule has 1 fully saturated rings. The molecule has 1 heterocycles. The largest absolute Gasteiger partial charge is 0.496 e. The minimum absolute atomic E-state index is 0.0350. The van der Waals surface area contributed by atoms with Crippen molar-refractivity contribution in [2.24, 2.45) is 5.92 Å². The lowest BCUT2D eigenvalue weighted by Crippen LogP contribution is -2.39. The van der Waals surface area contributed by atoms with E-state index in [1.54, 1.807) is 7.11 Å². The van der Waals surface area contributed by atoms with Gasteiger partial charge in [-0.3, -0.25) is 4.79 Å². The summed E-state index contributed by atoms with van der Waals surface area (Å²) in [5, 5.41) is 6.40. The lowest BCUT2D eigenvalue weighted by atomic mass is 9.96. The van der Waals surface area contributed by atoms with Gasteiger partial charge in [-0.05, 0) is 45.8 Å². The standard InChI is InChI=1S/C16H24N2O2/c1-11-4-5-15(20-3)14(10-11)12(2)18-16(19)13-6-8-17-9-7-13/h4-5,10,12-13,17H,6-9H2,1-3H3,(H,18,19). The van der Waals surface area contributed by atoms with E-state index < -0.39 is 0 Å². The number of amides is 1. The lowest BCUT2D eigenvalue weighted by Gasteiger charge is -2.25. The first-order chi connectivity index (χ1) is 9.61. The fourth-order valence-corrected chi connectivity index (χ4v) is 2.69. The number of hydrogen-bond acceptors (Lipinski definition) is 3. The molecule has 2 N–H and O–H groups in total. The van der Waals surface area contributed by atoms with Crippen molar-refractivity contribution < 1.29 is 9.53 Å². The monoisotopic (exact) mass is 276 g/mol. The Bertz CT molecular complexity index is 468. The number of aryl methyl sites for hydroxylation is 1. The molecule has 110 valence electrons. The highest BCUT2D eigenvalue weighted by Crippen LogP contribution is 2.26. The third kappa shape index (κ3) is 3.51. The molecule has 0 aliphatic carbocycles. The van der Waals surface area contributed by atoms with Gasteiger partial charge in [0, 0.05) is 11.5 Å². The number of carbonyl (C=O) groups excluding carboxylic acids is 1. The van der Waals surface area contributed by atoms with E-state index in [1.807, 2.05) is 26.0 Å². The van der Waals surface area contributed by atoms with Crippen molar-refractivity contribution in [2.45, 2.75) is 32.7 Å². The second-order valence-corrected chi connectivity index (χ2v) is 5.50. The third-order valence-corrected chi connectivity index (χ3v) is 3.92. The maximum absolute atomic E-state index is 12.3. The molecule has 1 saturated heterocycles. The van der Waals surface area contributed by atoms with Crippen LogP contribution < -0.4 is 15.4 Å². The molecule has 0 bridgehead atoms. The summed E-state index contributed by atoms with van der Waals surface area (Å²) in [6, 6.07) is 6.01. The van der Waals surface area contributed by atoms with Crippen molar-refractivity contribution >= 4 is 5.91 Å². The molecular formula is C16H24N2O2. The molecule has 4 heteroatoms. The molecule has 1 aromatic carbocycles. The highest BCUT2D eigenvalue weighted by atomic mass is 16.5. The third-order valence-electron chi connectivity index (χ3n) is 3.92. The minimum atomic E-state index is -0.0350. The van der Waals surface area contributed by atoms with Crippen LogP contribution in [0.3, 0.4) is 0 Å². The van der Waals surface area contributed by atoms with Gasteiger partial charge in [-0.25, -0.2) is 0 Å². The molecule has 1 aromatic rings. The Morgan fingerprint density at radius 1 is 1.40 bits per heavy atom. The van der Waals surface area contributed by atoms with Gasteiger partial charge in [-0.1, -0.05) is 17.7 Å². The molecule has 20 heavy (non-hydrogen) atoms. The Labute approximate surface area is 120 Å². The average molecular weight is 276 g/mol. The van der Waals surface area contributed by atoms with Crippen LogP contribution in [-0.4, -0.2) is 26.1 Å². The molecule has 1 aliphatic heterocycles. The summed E-state index contributed by atoms with van der Waals surface area (Å²) < 4.78 is 5.39. The van der Waals surface area contributed by atoms with Crippen LogP contribution in [0.5, 0.6) is 5.75 Å². The molecule has 2 rings (SSSR count). The molecule has 4 nitrogen and oxygen atoms in total. The number of piperidine rings is 1. The topological polar surface area (TPSA) is 50.4 Å². The Kier molecular flexibility index (Phi) is 5.01. The van der Waals surface area contributed by atoms with Crippen molar-refractivity contribution in [3.8, 4) is 5.75 Å². The maximum atomic E-state index is 12.3. The van der Waals surface area contributed by atoms with E-state index >= 15 is 0 Å². The predicted molar refractivity (Wildman–Crippen MR) is 79.9 cm³/mol. The van der Waals surface area contributed by atoms with Crippen LogP contribution in [0.15, 0.2) is 18.2 Å². The zero-order valence-electron chi connectivity index (χ0n) is 12.5.